The maximum absolute atomic E-state index is 12.9. The second-order valence-corrected chi connectivity index (χ2v) is 4.24. The predicted molar refractivity (Wildman–Crippen MR) is 72.9 cm³/mol. The van der Waals surface area contributed by atoms with Crippen LogP contribution in [0.25, 0.3) is 0 Å². The lowest BCUT2D eigenvalue weighted by molar-refractivity contribution is 0.102. The first-order chi connectivity index (χ1) is 9.06. The lowest BCUT2D eigenvalue weighted by Crippen LogP contribution is -2.14. The number of aromatic nitrogens is 1. The highest BCUT2D eigenvalue weighted by molar-refractivity contribution is 6.03. The van der Waals surface area contributed by atoms with Crippen molar-refractivity contribution in [3.8, 4) is 0 Å². The molecule has 1 heterocycles. The standard InChI is InChI=1S/C14H14FN3O/c1-18(2)11-8-6-10(7-9-11)14(19)17-13-5-3-4-12(15)16-13/h3-9H,1-2H3,(H,16,17,19). The molecule has 0 saturated carbocycles. The molecule has 0 unspecified atom stereocenters. The van der Waals surface area contributed by atoms with Crippen LogP contribution in [-0.2, 0) is 0 Å². The molecular weight excluding hydrogens is 245 g/mol. The molecular formula is C14H14FN3O. The fourth-order valence-electron chi connectivity index (χ4n) is 1.58. The van der Waals surface area contributed by atoms with Crippen molar-refractivity contribution in [2.75, 3.05) is 24.3 Å². The predicted octanol–water partition coefficient (Wildman–Crippen LogP) is 2.54. The van der Waals surface area contributed by atoms with Gasteiger partial charge in [-0.1, -0.05) is 6.07 Å². The summed E-state index contributed by atoms with van der Waals surface area (Å²) in [6, 6.07) is 11.4. The van der Waals surface area contributed by atoms with Crippen LogP contribution < -0.4 is 10.2 Å². The third-order valence-electron chi connectivity index (χ3n) is 2.60. The third kappa shape index (κ3) is 3.28. The summed E-state index contributed by atoms with van der Waals surface area (Å²) < 4.78 is 12.9. The van der Waals surface area contributed by atoms with Crippen molar-refractivity contribution < 1.29 is 9.18 Å². The number of nitrogens with one attached hydrogen (secondary N) is 1. The zero-order chi connectivity index (χ0) is 13.8. The first kappa shape index (κ1) is 13.0. The van der Waals surface area contributed by atoms with Crippen molar-refractivity contribution in [2.24, 2.45) is 0 Å². The molecule has 0 aliphatic carbocycles. The van der Waals surface area contributed by atoms with Crippen molar-refractivity contribution in [3.05, 3.63) is 54.0 Å². The van der Waals surface area contributed by atoms with Crippen LogP contribution in [0.2, 0.25) is 0 Å². The minimum atomic E-state index is -0.624. The van der Waals surface area contributed by atoms with Gasteiger partial charge in [-0.25, -0.2) is 4.98 Å². The van der Waals surface area contributed by atoms with Gasteiger partial charge in [-0.05, 0) is 36.4 Å². The second kappa shape index (κ2) is 5.48. The average molecular weight is 259 g/mol. The van der Waals surface area contributed by atoms with Crippen LogP contribution in [0.3, 0.4) is 0 Å². The number of pyridine rings is 1. The fraction of sp³-hybridized carbons (Fsp3) is 0.143. The van der Waals surface area contributed by atoms with E-state index < -0.39 is 5.95 Å². The van der Waals surface area contributed by atoms with Crippen molar-refractivity contribution >= 4 is 17.4 Å². The molecule has 2 rings (SSSR count). The molecule has 1 amide bonds. The van der Waals surface area contributed by atoms with E-state index in [2.05, 4.69) is 10.3 Å². The second-order valence-electron chi connectivity index (χ2n) is 4.24. The van der Waals surface area contributed by atoms with E-state index in [1.54, 1.807) is 12.1 Å². The molecule has 19 heavy (non-hydrogen) atoms. The van der Waals surface area contributed by atoms with Crippen LogP contribution in [0, 0.1) is 5.95 Å². The summed E-state index contributed by atoms with van der Waals surface area (Å²) >= 11 is 0. The number of benzene rings is 1. The Morgan fingerprint density at radius 2 is 1.84 bits per heavy atom. The molecule has 4 nitrogen and oxygen atoms in total. The van der Waals surface area contributed by atoms with E-state index in [0.29, 0.717) is 5.56 Å². The van der Waals surface area contributed by atoms with Crippen molar-refractivity contribution in [3.63, 3.8) is 0 Å². The van der Waals surface area contributed by atoms with E-state index in [-0.39, 0.29) is 11.7 Å². The van der Waals surface area contributed by atoms with Crippen molar-refractivity contribution in [2.45, 2.75) is 0 Å². The Morgan fingerprint density at radius 3 is 2.42 bits per heavy atom. The summed E-state index contributed by atoms with van der Waals surface area (Å²) in [4.78, 5) is 17.4. The summed E-state index contributed by atoms with van der Waals surface area (Å²) in [6.45, 7) is 0. The number of hydrogen-bond donors (Lipinski definition) is 1. The quantitative estimate of drug-likeness (QED) is 0.861. The third-order valence-corrected chi connectivity index (χ3v) is 2.60. The number of carbonyl (C=O) groups is 1. The fourth-order valence-corrected chi connectivity index (χ4v) is 1.58. The summed E-state index contributed by atoms with van der Waals surface area (Å²) in [5.74, 6) is -0.745. The Kier molecular flexibility index (Phi) is 3.75. The topological polar surface area (TPSA) is 45.2 Å². The first-order valence-electron chi connectivity index (χ1n) is 5.77. The van der Waals surface area contributed by atoms with Crippen molar-refractivity contribution in [1.29, 1.82) is 0 Å². The van der Waals surface area contributed by atoms with Crippen LogP contribution in [-0.4, -0.2) is 25.0 Å². The van der Waals surface area contributed by atoms with E-state index >= 15 is 0 Å². The first-order valence-corrected chi connectivity index (χ1v) is 5.77. The summed E-state index contributed by atoms with van der Waals surface area (Å²) in [6.07, 6.45) is 0. The van der Waals surface area contributed by atoms with Crippen molar-refractivity contribution in [1.82, 2.24) is 4.98 Å². The monoisotopic (exact) mass is 259 g/mol. The maximum Gasteiger partial charge on any atom is 0.256 e. The van der Waals surface area contributed by atoms with Gasteiger partial charge in [-0.3, -0.25) is 4.79 Å². The average Bonchev–Trinajstić information content (AvgIpc) is 2.39. The lowest BCUT2D eigenvalue weighted by Gasteiger charge is -2.12. The maximum atomic E-state index is 12.9. The number of carbonyl (C=O) groups excluding carboxylic acids is 1. The van der Waals surface area contributed by atoms with Gasteiger partial charge in [0.25, 0.3) is 5.91 Å². The summed E-state index contributed by atoms with van der Waals surface area (Å²) in [5.41, 5.74) is 1.50. The number of nitrogens with zero attached hydrogens (tertiary/aromatic N) is 2. The van der Waals surface area contributed by atoms with E-state index in [1.165, 1.54) is 18.2 Å². The van der Waals surface area contributed by atoms with Gasteiger partial charge in [0.15, 0.2) is 0 Å². The molecule has 1 N–H and O–H groups in total. The van der Waals surface area contributed by atoms with Gasteiger partial charge in [-0.15, -0.1) is 0 Å². The van der Waals surface area contributed by atoms with Crippen LogP contribution in [0.1, 0.15) is 10.4 Å². The van der Waals surface area contributed by atoms with Gasteiger partial charge in [0, 0.05) is 25.3 Å². The molecule has 0 radical (unpaired) electrons. The number of rotatable bonds is 3. The van der Waals surface area contributed by atoms with Gasteiger partial charge >= 0.3 is 0 Å². The molecule has 0 saturated heterocycles. The molecule has 0 spiro atoms. The molecule has 98 valence electrons. The number of amides is 1. The SMILES string of the molecule is CN(C)c1ccc(C(=O)Nc2cccc(F)n2)cc1. The largest absolute Gasteiger partial charge is 0.378 e. The minimum absolute atomic E-state index is 0.196. The molecule has 1 aromatic carbocycles. The highest BCUT2D eigenvalue weighted by Gasteiger charge is 2.07. The van der Waals surface area contributed by atoms with Gasteiger partial charge in [0.2, 0.25) is 5.95 Å². The highest BCUT2D eigenvalue weighted by Crippen LogP contribution is 2.13. The smallest absolute Gasteiger partial charge is 0.256 e. The molecule has 0 fully saturated rings. The zero-order valence-corrected chi connectivity index (χ0v) is 10.7. The molecule has 5 heteroatoms. The molecule has 0 atom stereocenters. The van der Waals surface area contributed by atoms with Gasteiger partial charge < -0.3 is 10.2 Å². The molecule has 0 aliphatic rings. The van der Waals surface area contributed by atoms with Gasteiger partial charge in [-0.2, -0.15) is 4.39 Å². The Morgan fingerprint density at radius 1 is 1.16 bits per heavy atom. The van der Waals surface area contributed by atoms with E-state index in [4.69, 9.17) is 0 Å². The zero-order valence-electron chi connectivity index (χ0n) is 10.7. The Bertz CT molecular complexity index is 581. The summed E-state index contributed by atoms with van der Waals surface area (Å²) in [7, 11) is 3.84. The highest BCUT2D eigenvalue weighted by atomic mass is 19.1. The van der Waals surface area contributed by atoms with Crippen LogP contribution >= 0.6 is 0 Å². The molecule has 0 bridgehead atoms. The van der Waals surface area contributed by atoms with Gasteiger partial charge in [0.05, 0.1) is 0 Å². The Hall–Kier alpha value is -2.43. The van der Waals surface area contributed by atoms with E-state index in [9.17, 15) is 9.18 Å². The Labute approximate surface area is 110 Å². The van der Waals surface area contributed by atoms with E-state index in [0.717, 1.165) is 5.69 Å². The van der Waals surface area contributed by atoms with Crippen LogP contribution in [0.4, 0.5) is 15.9 Å². The van der Waals surface area contributed by atoms with E-state index in [1.807, 2.05) is 31.1 Å². The number of hydrogen-bond acceptors (Lipinski definition) is 3. The minimum Gasteiger partial charge on any atom is -0.378 e. The van der Waals surface area contributed by atoms with Crippen LogP contribution in [0.15, 0.2) is 42.5 Å². The molecule has 0 aliphatic heterocycles. The molecule has 1 aromatic heterocycles. The van der Waals surface area contributed by atoms with Gasteiger partial charge in [0.1, 0.15) is 5.82 Å². The summed E-state index contributed by atoms with van der Waals surface area (Å²) in [5, 5.41) is 2.54. The number of anilines is 2. The number of halogens is 1. The lowest BCUT2D eigenvalue weighted by atomic mass is 10.2. The Balaban J connectivity index is 2.11. The molecule has 2 aromatic rings. The van der Waals surface area contributed by atoms with Crippen LogP contribution in [0.5, 0.6) is 0 Å². The normalized spacial score (nSPS) is 10.1.